The van der Waals surface area contributed by atoms with Crippen molar-refractivity contribution < 1.29 is 9.59 Å². The number of pyridine rings is 1. The number of aromatic nitrogens is 1. The van der Waals surface area contributed by atoms with Crippen LogP contribution in [0.4, 0.5) is 0 Å². The quantitative estimate of drug-likeness (QED) is 0.878. The van der Waals surface area contributed by atoms with Crippen LogP contribution in [-0.4, -0.2) is 23.7 Å². The van der Waals surface area contributed by atoms with E-state index in [2.05, 4.69) is 10.3 Å². The predicted octanol–water partition coefficient (Wildman–Crippen LogP) is 2.25. The van der Waals surface area contributed by atoms with Crippen LogP contribution in [0.15, 0.2) is 42.6 Å². The van der Waals surface area contributed by atoms with E-state index in [-0.39, 0.29) is 18.1 Å². The summed E-state index contributed by atoms with van der Waals surface area (Å²) in [7, 11) is 1.55. The van der Waals surface area contributed by atoms with Crippen molar-refractivity contribution in [2.75, 3.05) is 7.05 Å². The summed E-state index contributed by atoms with van der Waals surface area (Å²) >= 11 is 5.89. The van der Waals surface area contributed by atoms with Crippen LogP contribution in [-0.2, 0) is 11.2 Å². The summed E-state index contributed by atoms with van der Waals surface area (Å²) in [5, 5.41) is 3.01. The highest BCUT2D eigenvalue weighted by Crippen LogP contribution is 2.17. The van der Waals surface area contributed by atoms with E-state index < -0.39 is 0 Å². The van der Waals surface area contributed by atoms with E-state index in [0.717, 1.165) is 0 Å². The molecular weight excluding hydrogens is 276 g/mol. The van der Waals surface area contributed by atoms with Gasteiger partial charge in [0.1, 0.15) is 0 Å². The number of ketones is 1. The Morgan fingerprint density at radius 3 is 2.75 bits per heavy atom. The zero-order valence-electron chi connectivity index (χ0n) is 10.9. The Kier molecular flexibility index (Phi) is 4.48. The lowest BCUT2D eigenvalue weighted by Gasteiger charge is -2.07. The van der Waals surface area contributed by atoms with Gasteiger partial charge in [0, 0.05) is 29.4 Å². The maximum atomic E-state index is 12.5. The third-order valence-corrected chi connectivity index (χ3v) is 3.06. The van der Waals surface area contributed by atoms with Gasteiger partial charge in [-0.25, -0.2) is 0 Å². The van der Waals surface area contributed by atoms with Gasteiger partial charge in [-0.15, -0.1) is 0 Å². The second kappa shape index (κ2) is 6.30. The molecule has 0 saturated heterocycles. The summed E-state index contributed by atoms with van der Waals surface area (Å²) in [5.41, 5.74) is 1.35. The lowest BCUT2D eigenvalue weighted by Crippen LogP contribution is -2.22. The number of nitrogens with one attached hydrogen (secondary N) is 1. The zero-order valence-corrected chi connectivity index (χ0v) is 11.6. The molecule has 1 aromatic heterocycles. The van der Waals surface area contributed by atoms with Crippen LogP contribution in [0.5, 0.6) is 0 Å². The van der Waals surface area contributed by atoms with Crippen LogP contribution < -0.4 is 5.32 Å². The van der Waals surface area contributed by atoms with Crippen molar-refractivity contribution in [2.45, 2.75) is 6.42 Å². The summed E-state index contributed by atoms with van der Waals surface area (Å²) in [4.78, 5) is 28.0. The molecule has 0 radical (unpaired) electrons. The van der Waals surface area contributed by atoms with Gasteiger partial charge in [0.2, 0.25) is 5.91 Å². The van der Waals surface area contributed by atoms with Crippen molar-refractivity contribution >= 4 is 23.3 Å². The molecule has 1 aromatic carbocycles. The number of amides is 1. The van der Waals surface area contributed by atoms with Crippen LogP contribution in [0, 0.1) is 0 Å². The number of carbonyl (C=O) groups excluding carboxylic acids is 2. The van der Waals surface area contributed by atoms with Crippen LogP contribution in [0.1, 0.15) is 21.6 Å². The van der Waals surface area contributed by atoms with E-state index in [9.17, 15) is 9.59 Å². The molecule has 2 aromatic rings. The largest absolute Gasteiger partial charge is 0.359 e. The summed E-state index contributed by atoms with van der Waals surface area (Å²) in [6.45, 7) is 0. The number of hydrogen-bond donors (Lipinski definition) is 1. The molecule has 20 heavy (non-hydrogen) atoms. The molecule has 0 bridgehead atoms. The summed E-state index contributed by atoms with van der Waals surface area (Å²) in [5.74, 6) is -0.386. The Labute approximate surface area is 121 Å². The third-order valence-electron chi connectivity index (χ3n) is 2.83. The molecule has 0 aliphatic carbocycles. The molecule has 0 spiro atoms. The normalized spacial score (nSPS) is 10.1. The minimum atomic E-state index is -0.195. The van der Waals surface area contributed by atoms with Crippen LogP contribution in [0.2, 0.25) is 5.02 Å². The van der Waals surface area contributed by atoms with Gasteiger partial charge in [0.15, 0.2) is 5.78 Å². The Balaban J connectivity index is 2.37. The van der Waals surface area contributed by atoms with E-state index in [1.54, 1.807) is 49.6 Å². The first-order valence-corrected chi connectivity index (χ1v) is 6.44. The van der Waals surface area contributed by atoms with Crippen molar-refractivity contribution in [3.8, 4) is 0 Å². The maximum Gasteiger partial charge on any atom is 0.225 e. The van der Waals surface area contributed by atoms with Gasteiger partial charge in [-0.3, -0.25) is 14.6 Å². The fourth-order valence-corrected chi connectivity index (χ4v) is 2.00. The average Bonchev–Trinajstić information content (AvgIpc) is 2.47. The van der Waals surface area contributed by atoms with E-state index >= 15 is 0 Å². The van der Waals surface area contributed by atoms with Crippen molar-refractivity contribution in [1.82, 2.24) is 10.3 Å². The second-order valence-corrected chi connectivity index (χ2v) is 4.62. The molecular formula is C15H13ClN2O2. The molecule has 2 rings (SSSR count). The van der Waals surface area contributed by atoms with Crippen LogP contribution in [0.3, 0.4) is 0 Å². The lowest BCUT2D eigenvalue weighted by atomic mass is 10.0. The highest BCUT2D eigenvalue weighted by Gasteiger charge is 2.16. The van der Waals surface area contributed by atoms with E-state index in [0.29, 0.717) is 21.8 Å². The average molecular weight is 289 g/mol. The topological polar surface area (TPSA) is 59.1 Å². The number of halogens is 1. The second-order valence-electron chi connectivity index (χ2n) is 4.19. The van der Waals surface area contributed by atoms with Gasteiger partial charge < -0.3 is 5.32 Å². The van der Waals surface area contributed by atoms with Gasteiger partial charge in [0.05, 0.1) is 12.1 Å². The Bertz CT molecular complexity index is 656. The first-order valence-electron chi connectivity index (χ1n) is 6.06. The van der Waals surface area contributed by atoms with E-state index in [1.165, 1.54) is 0 Å². The molecule has 5 heteroatoms. The number of rotatable bonds is 4. The first-order chi connectivity index (χ1) is 9.61. The monoisotopic (exact) mass is 288 g/mol. The highest BCUT2D eigenvalue weighted by molar-refractivity contribution is 6.31. The van der Waals surface area contributed by atoms with Crippen molar-refractivity contribution in [3.05, 3.63) is 64.4 Å². The van der Waals surface area contributed by atoms with Crippen molar-refractivity contribution in [3.63, 3.8) is 0 Å². The molecule has 0 atom stereocenters. The number of nitrogens with zero attached hydrogens (tertiary/aromatic N) is 1. The molecule has 0 saturated carbocycles. The standard InChI is InChI=1S/C15H13ClN2O2/c1-17-14(19)9-13-12(6-3-7-18-13)15(20)10-4-2-5-11(16)8-10/h2-8H,9H2,1H3,(H,17,19). The molecule has 0 aliphatic heterocycles. The van der Waals surface area contributed by atoms with E-state index in [1.807, 2.05) is 0 Å². The zero-order chi connectivity index (χ0) is 14.5. The third kappa shape index (κ3) is 3.22. The van der Waals surface area contributed by atoms with Gasteiger partial charge in [-0.2, -0.15) is 0 Å². The number of hydrogen-bond acceptors (Lipinski definition) is 3. The highest BCUT2D eigenvalue weighted by atomic mass is 35.5. The molecule has 1 amide bonds. The maximum absolute atomic E-state index is 12.5. The Morgan fingerprint density at radius 1 is 1.25 bits per heavy atom. The lowest BCUT2D eigenvalue weighted by molar-refractivity contribution is -0.120. The molecule has 0 unspecified atom stereocenters. The fourth-order valence-electron chi connectivity index (χ4n) is 1.81. The minimum absolute atomic E-state index is 0.0684. The number of benzene rings is 1. The van der Waals surface area contributed by atoms with Crippen molar-refractivity contribution in [2.24, 2.45) is 0 Å². The predicted molar refractivity (Wildman–Crippen MR) is 76.9 cm³/mol. The van der Waals surface area contributed by atoms with Gasteiger partial charge in [-0.05, 0) is 24.3 Å². The number of carbonyl (C=O) groups is 2. The number of likely N-dealkylation sites (N-methyl/N-ethyl adjacent to an activating group) is 1. The SMILES string of the molecule is CNC(=O)Cc1ncccc1C(=O)c1cccc(Cl)c1. The molecule has 1 N–H and O–H groups in total. The fraction of sp³-hybridized carbons (Fsp3) is 0.133. The minimum Gasteiger partial charge on any atom is -0.359 e. The summed E-state index contributed by atoms with van der Waals surface area (Å²) < 4.78 is 0. The molecule has 4 nitrogen and oxygen atoms in total. The first kappa shape index (κ1) is 14.2. The van der Waals surface area contributed by atoms with Gasteiger partial charge >= 0.3 is 0 Å². The van der Waals surface area contributed by atoms with Gasteiger partial charge in [-0.1, -0.05) is 23.7 Å². The molecule has 1 heterocycles. The van der Waals surface area contributed by atoms with Crippen LogP contribution in [0.25, 0.3) is 0 Å². The molecule has 102 valence electrons. The Morgan fingerprint density at radius 2 is 2.05 bits per heavy atom. The summed E-state index contributed by atoms with van der Waals surface area (Å²) in [6, 6.07) is 10.0. The Hall–Kier alpha value is -2.20. The molecule has 0 aliphatic rings. The van der Waals surface area contributed by atoms with E-state index in [4.69, 9.17) is 11.6 Å². The summed E-state index contributed by atoms with van der Waals surface area (Å²) in [6.07, 6.45) is 1.63. The van der Waals surface area contributed by atoms with Gasteiger partial charge in [0.25, 0.3) is 0 Å². The molecule has 0 fully saturated rings. The van der Waals surface area contributed by atoms with Crippen molar-refractivity contribution in [1.29, 1.82) is 0 Å². The smallest absolute Gasteiger partial charge is 0.225 e. The van der Waals surface area contributed by atoms with Crippen LogP contribution >= 0.6 is 11.6 Å².